The molecule has 0 saturated carbocycles. The molecule has 0 amide bonds. The van der Waals surface area contributed by atoms with Gasteiger partial charge in [-0.25, -0.2) is 0 Å². The van der Waals surface area contributed by atoms with Crippen LogP contribution in [0.1, 0.15) is 24.3 Å². The van der Waals surface area contributed by atoms with E-state index < -0.39 is 0 Å². The van der Waals surface area contributed by atoms with Crippen molar-refractivity contribution in [3.63, 3.8) is 0 Å². The Balaban J connectivity index is 1.46. The molecule has 1 aromatic carbocycles. The summed E-state index contributed by atoms with van der Waals surface area (Å²) in [4.78, 5) is 2.51. The second-order valence-electron chi connectivity index (χ2n) is 5.60. The lowest BCUT2D eigenvalue weighted by molar-refractivity contribution is 0.231. The van der Waals surface area contributed by atoms with Gasteiger partial charge >= 0.3 is 0 Å². The van der Waals surface area contributed by atoms with Gasteiger partial charge < -0.3 is 15.5 Å². The van der Waals surface area contributed by atoms with E-state index in [9.17, 15) is 0 Å². The van der Waals surface area contributed by atoms with Gasteiger partial charge in [0.25, 0.3) is 0 Å². The maximum Gasteiger partial charge on any atom is 0.211 e. The first-order chi connectivity index (χ1) is 11.3. The molecule has 3 rings (SSSR count). The van der Waals surface area contributed by atoms with Crippen LogP contribution < -0.4 is 10.6 Å². The topological polar surface area (TPSA) is 53.1 Å². The predicted octanol–water partition coefficient (Wildman–Crippen LogP) is 3.38. The van der Waals surface area contributed by atoms with E-state index >= 15 is 0 Å². The summed E-state index contributed by atoms with van der Waals surface area (Å²) in [6.45, 7) is 3.51. The van der Waals surface area contributed by atoms with E-state index in [1.807, 2.05) is 30.3 Å². The Kier molecular flexibility index (Phi) is 5.90. The van der Waals surface area contributed by atoms with Crippen molar-refractivity contribution < 1.29 is 0 Å². The molecular weight excluding hydrogens is 326 g/mol. The summed E-state index contributed by atoms with van der Waals surface area (Å²) >= 11 is 6.88. The highest BCUT2D eigenvalue weighted by molar-refractivity contribution is 7.80. The summed E-state index contributed by atoms with van der Waals surface area (Å²) in [5.41, 5.74) is 0.958. The first-order valence-corrected chi connectivity index (χ1v) is 9.20. The smallest absolute Gasteiger partial charge is 0.211 e. The van der Waals surface area contributed by atoms with Crippen LogP contribution >= 0.6 is 23.6 Å². The number of hydrogen-bond acceptors (Lipinski definition) is 5. The summed E-state index contributed by atoms with van der Waals surface area (Å²) in [6, 6.07) is 9.85. The van der Waals surface area contributed by atoms with Crippen LogP contribution in [0.4, 0.5) is 10.8 Å². The van der Waals surface area contributed by atoms with Crippen LogP contribution in [0.15, 0.2) is 30.3 Å². The number of thiocarbonyl (C=S) groups is 1. The van der Waals surface area contributed by atoms with Crippen molar-refractivity contribution in [2.24, 2.45) is 0 Å². The fourth-order valence-electron chi connectivity index (χ4n) is 2.62. The Hall–Kier alpha value is -1.57. The summed E-state index contributed by atoms with van der Waals surface area (Å²) in [5, 5.41) is 17.0. The number of rotatable bonds is 5. The number of likely N-dealkylation sites (tertiary alicyclic amines) is 1. The van der Waals surface area contributed by atoms with Crippen molar-refractivity contribution >= 4 is 39.5 Å². The molecule has 2 aromatic rings. The molecule has 1 aliphatic rings. The SMILES string of the molecule is S=C(Nc1ccccc1)Nc1nnc(CCN2CCCCC2)s1. The van der Waals surface area contributed by atoms with E-state index in [2.05, 4.69) is 25.7 Å². The number of anilines is 2. The van der Waals surface area contributed by atoms with Crippen LogP contribution in [0.3, 0.4) is 0 Å². The van der Waals surface area contributed by atoms with Gasteiger partial charge in [-0.15, -0.1) is 10.2 Å². The van der Waals surface area contributed by atoms with E-state index in [1.165, 1.54) is 32.4 Å². The minimum absolute atomic E-state index is 0.537. The third-order valence-corrected chi connectivity index (χ3v) is 4.91. The van der Waals surface area contributed by atoms with Crippen LogP contribution in [-0.4, -0.2) is 39.8 Å². The molecule has 0 unspecified atom stereocenters. The lowest BCUT2D eigenvalue weighted by Crippen LogP contribution is -2.31. The zero-order valence-corrected chi connectivity index (χ0v) is 14.6. The molecule has 2 heterocycles. The Morgan fingerprint density at radius 3 is 2.65 bits per heavy atom. The minimum Gasteiger partial charge on any atom is -0.332 e. The number of aromatic nitrogens is 2. The fourth-order valence-corrected chi connectivity index (χ4v) is 3.63. The van der Waals surface area contributed by atoms with E-state index in [1.54, 1.807) is 11.3 Å². The summed E-state index contributed by atoms with van der Waals surface area (Å²) in [7, 11) is 0. The molecule has 0 bridgehead atoms. The Morgan fingerprint density at radius 1 is 1.09 bits per heavy atom. The lowest BCUT2D eigenvalue weighted by atomic mass is 10.1. The van der Waals surface area contributed by atoms with E-state index in [-0.39, 0.29) is 0 Å². The monoisotopic (exact) mass is 347 g/mol. The molecule has 1 saturated heterocycles. The van der Waals surface area contributed by atoms with Gasteiger partial charge in [-0.3, -0.25) is 0 Å². The second-order valence-corrected chi connectivity index (χ2v) is 7.07. The fraction of sp³-hybridized carbons (Fsp3) is 0.438. The van der Waals surface area contributed by atoms with Gasteiger partial charge in [0.05, 0.1) is 0 Å². The highest BCUT2D eigenvalue weighted by Crippen LogP contribution is 2.17. The van der Waals surface area contributed by atoms with E-state index in [4.69, 9.17) is 12.2 Å². The van der Waals surface area contributed by atoms with Gasteiger partial charge in [-0.1, -0.05) is 36.0 Å². The predicted molar refractivity (Wildman–Crippen MR) is 100 cm³/mol. The Bertz CT molecular complexity index is 622. The molecule has 2 N–H and O–H groups in total. The van der Waals surface area contributed by atoms with Gasteiger partial charge in [0.1, 0.15) is 5.01 Å². The quantitative estimate of drug-likeness (QED) is 0.809. The van der Waals surface area contributed by atoms with Gasteiger partial charge in [0.15, 0.2) is 5.11 Å². The van der Waals surface area contributed by atoms with Crippen LogP contribution in [-0.2, 0) is 6.42 Å². The van der Waals surface area contributed by atoms with Crippen LogP contribution in [0.25, 0.3) is 0 Å². The molecule has 122 valence electrons. The molecule has 0 radical (unpaired) electrons. The zero-order chi connectivity index (χ0) is 15.9. The second kappa shape index (κ2) is 8.33. The van der Waals surface area contributed by atoms with Gasteiger partial charge in [-0.05, 0) is 50.3 Å². The number of nitrogens with one attached hydrogen (secondary N) is 2. The molecule has 1 fully saturated rings. The molecule has 7 heteroatoms. The van der Waals surface area contributed by atoms with Crippen LogP contribution in [0.2, 0.25) is 0 Å². The first kappa shape index (κ1) is 16.3. The van der Waals surface area contributed by atoms with E-state index in [0.717, 1.165) is 28.8 Å². The Morgan fingerprint density at radius 2 is 1.87 bits per heavy atom. The maximum absolute atomic E-state index is 5.30. The minimum atomic E-state index is 0.537. The van der Waals surface area contributed by atoms with Gasteiger partial charge in [-0.2, -0.15) is 0 Å². The number of nitrogens with zero attached hydrogens (tertiary/aromatic N) is 3. The average Bonchev–Trinajstić information content (AvgIpc) is 3.02. The Labute approximate surface area is 146 Å². The number of piperidine rings is 1. The van der Waals surface area contributed by atoms with Gasteiger partial charge in [0, 0.05) is 18.7 Å². The van der Waals surface area contributed by atoms with Crippen molar-refractivity contribution in [2.45, 2.75) is 25.7 Å². The van der Waals surface area contributed by atoms with Crippen LogP contribution in [0.5, 0.6) is 0 Å². The highest BCUT2D eigenvalue weighted by atomic mass is 32.1. The van der Waals surface area contributed by atoms with Crippen molar-refractivity contribution in [3.05, 3.63) is 35.3 Å². The summed E-state index contributed by atoms with van der Waals surface area (Å²) in [6.07, 6.45) is 4.97. The summed E-state index contributed by atoms with van der Waals surface area (Å²) < 4.78 is 0. The van der Waals surface area contributed by atoms with Gasteiger partial charge in [0.2, 0.25) is 5.13 Å². The highest BCUT2D eigenvalue weighted by Gasteiger charge is 2.12. The largest absolute Gasteiger partial charge is 0.332 e. The molecule has 1 aliphatic heterocycles. The molecule has 1 aromatic heterocycles. The number of benzene rings is 1. The summed E-state index contributed by atoms with van der Waals surface area (Å²) in [5.74, 6) is 0. The maximum atomic E-state index is 5.30. The normalized spacial score (nSPS) is 15.3. The standard InChI is InChI=1S/C16H21N5S2/c22-15(17-13-7-3-1-4-8-13)18-16-20-19-14(23-16)9-12-21-10-5-2-6-11-21/h1,3-4,7-8H,2,5-6,9-12H2,(H2,17,18,20,22). The molecule has 5 nitrogen and oxygen atoms in total. The van der Waals surface area contributed by atoms with E-state index in [0.29, 0.717) is 5.11 Å². The average molecular weight is 348 g/mol. The molecular formula is C16H21N5S2. The number of hydrogen-bond donors (Lipinski definition) is 2. The first-order valence-electron chi connectivity index (χ1n) is 7.97. The third kappa shape index (κ3) is 5.23. The molecule has 0 atom stereocenters. The van der Waals surface area contributed by atoms with Crippen LogP contribution in [0, 0.1) is 0 Å². The number of para-hydroxylation sites is 1. The van der Waals surface area contributed by atoms with Crippen molar-refractivity contribution in [1.82, 2.24) is 15.1 Å². The van der Waals surface area contributed by atoms with Crippen molar-refractivity contribution in [1.29, 1.82) is 0 Å². The molecule has 23 heavy (non-hydrogen) atoms. The lowest BCUT2D eigenvalue weighted by Gasteiger charge is -2.25. The van der Waals surface area contributed by atoms with Crippen molar-refractivity contribution in [2.75, 3.05) is 30.3 Å². The zero-order valence-electron chi connectivity index (χ0n) is 13.0. The molecule has 0 aliphatic carbocycles. The third-order valence-electron chi connectivity index (χ3n) is 3.81. The van der Waals surface area contributed by atoms with Crippen molar-refractivity contribution in [3.8, 4) is 0 Å². The molecule has 0 spiro atoms.